The van der Waals surface area contributed by atoms with Gasteiger partial charge in [-0.05, 0) is 55.7 Å². The van der Waals surface area contributed by atoms with Crippen LogP contribution in [0.15, 0.2) is 46.0 Å². The third kappa shape index (κ3) is 4.95. The Bertz CT molecular complexity index is 1430. The minimum absolute atomic E-state index is 0.0340. The van der Waals surface area contributed by atoms with Crippen LogP contribution in [0.2, 0.25) is 0 Å². The van der Waals surface area contributed by atoms with E-state index in [-0.39, 0.29) is 12.6 Å². The van der Waals surface area contributed by atoms with E-state index in [9.17, 15) is 13.8 Å². The monoisotopic (exact) mass is 497 g/mol. The Balaban J connectivity index is 1.89. The van der Waals surface area contributed by atoms with E-state index in [1.54, 1.807) is 47.9 Å². The van der Waals surface area contributed by atoms with Crippen LogP contribution in [-0.2, 0) is 17.3 Å². The minimum atomic E-state index is -0.895. The average molecular weight is 498 g/mol. The summed E-state index contributed by atoms with van der Waals surface area (Å²) in [5.41, 5.74) is 0.320. The van der Waals surface area contributed by atoms with Crippen LogP contribution < -0.4 is 25.5 Å². The zero-order valence-electron chi connectivity index (χ0n) is 19.9. The number of hydrogen-bond acceptors (Lipinski definition) is 7. The van der Waals surface area contributed by atoms with Crippen molar-refractivity contribution in [2.24, 2.45) is 0 Å². The Morgan fingerprint density at radius 1 is 1.09 bits per heavy atom. The molecule has 9 nitrogen and oxygen atoms in total. The van der Waals surface area contributed by atoms with Gasteiger partial charge in [-0.15, -0.1) is 0 Å². The van der Waals surface area contributed by atoms with Crippen LogP contribution in [0, 0.1) is 11.3 Å². The summed E-state index contributed by atoms with van der Waals surface area (Å²) in [4.78, 5) is 27.2. The van der Waals surface area contributed by atoms with E-state index >= 15 is 0 Å². The molecule has 0 saturated carbocycles. The van der Waals surface area contributed by atoms with Gasteiger partial charge in [0, 0.05) is 28.3 Å². The number of nitrogens with zero attached hydrogens (tertiary/aromatic N) is 3. The number of rotatable bonds is 7. The molecule has 10 heteroatoms. The molecule has 184 valence electrons. The topological polar surface area (TPSA) is 113 Å². The van der Waals surface area contributed by atoms with Gasteiger partial charge in [0.15, 0.2) is 17.6 Å². The van der Waals surface area contributed by atoms with E-state index < -0.39 is 28.2 Å². The Kier molecular flexibility index (Phi) is 7.26. The summed E-state index contributed by atoms with van der Waals surface area (Å²) >= 11 is 0. The predicted octanol–water partition coefficient (Wildman–Crippen LogP) is 2.60. The summed E-state index contributed by atoms with van der Waals surface area (Å²) in [6.45, 7) is 1.65. The lowest BCUT2D eigenvalue weighted by atomic mass is 10.1. The lowest BCUT2D eigenvalue weighted by molar-refractivity contribution is 0.277. The summed E-state index contributed by atoms with van der Waals surface area (Å²) in [7, 11) is 2.16. The van der Waals surface area contributed by atoms with E-state index in [0.717, 1.165) is 0 Å². The third-order valence-electron chi connectivity index (χ3n) is 6.15. The van der Waals surface area contributed by atoms with Crippen molar-refractivity contribution < 1.29 is 18.4 Å². The van der Waals surface area contributed by atoms with Crippen molar-refractivity contribution in [1.82, 2.24) is 9.13 Å². The lowest BCUT2D eigenvalue weighted by Crippen LogP contribution is -2.42. The van der Waals surface area contributed by atoms with Crippen molar-refractivity contribution in [2.45, 2.75) is 38.5 Å². The Labute approximate surface area is 204 Å². The minimum Gasteiger partial charge on any atom is -0.493 e. The first-order valence-corrected chi connectivity index (χ1v) is 12.8. The molecule has 1 fully saturated rings. The van der Waals surface area contributed by atoms with Gasteiger partial charge in [-0.2, -0.15) is 5.26 Å². The highest BCUT2D eigenvalue weighted by Gasteiger charge is 2.25. The van der Waals surface area contributed by atoms with Crippen molar-refractivity contribution in [2.75, 3.05) is 25.7 Å². The summed E-state index contributed by atoms with van der Waals surface area (Å²) in [5, 5.41) is 9.41. The third-order valence-corrected chi connectivity index (χ3v) is 7.53. The smallest absolute Gasteiger partial charge is 0.332 e. The lowest BCUT2D eigenvalue weighted by Gasteiger charge is -2.26. The fraction of sp³-hybridized carbons (Fsp3) is 0.400. The average Bonchev–Trinajstić information content (AvgIpc) is 2.87. The van der Waals surface area contributed by atoms with Crippen LogP contribution in [-0.4, -0.2) is 45.2 Å². The fourth-order valence-corrected chi connectivity index (χ4v) is 5.63. The zero-order valence-corrected chi connectivity index (χ0v) is 20.7. The molecule has 0 aliphatic carbocycles. The van der Waals surface area contributed by atoms with Gasteiger partial charge < -0.3 is 14.2 Å². The van der Waals surface area contributed by atoms with Gasteiger partial charge in [-0.25, -0.2) is 4.79 Å². The highest BCUT2D eigenvalue weighted by Crippen LogP contribution is 2.29. The molecule has 1 saturated heterocycles. The first kappa shape index (κ1) is 24.5. The molecule has 3 aromatic rings. The zero-order chi connectivity index (χ0) is 25.1. The van der Waals surface area contributed by atoms with Gasteiger partial charge in [0.25, 0.3) is 5.56 Å². The first-order chi connectivity index (χ1) is 16.9. The molecule has 0 spiro atoms. The molecule has 1 aromatic heterocycles. The molecule has 1 atom stereocenters. The highest BCUT2D eigenvalue weighted by molar-refractivity contribution is 7.85. The summed E-state index contributed by atoms with van der Waals surface area (Å²) in [6, 6.07) is 12.0. The summed E-state index contributed by atoms with van der Waals surface area (Å²) < 4.78 is 31.0. The highest BCUT2D eigenvalue weighted by atomic mass is 32.2. The van der Waals surface area contributed by atoms with Gasteiger partial charge in [-0.1, -0.05) is 6.07 Å². The van der Waals surface area contributed by atoms with E-state index in [2.05, 4.69) is 0 Å². The summed E-state index contributed by atoms with van der Waals surface area (Å²) in [5.74, 6) is 2.43. The van der Waals surface area contributed by atoms with E-state index in [4.69, 9.17) is 19.5 Å². The molecule has 0 amide bonds. The molecule has 1 aliphatic heterocycles. The van der Waals surface area contributed by atoms with Crippen LogP contribution in [0.25, 0.3) is 10.9 Å². The molecule has 0 radical (unpaired) electrons. The molecule has 2 aromatic carbocycles. The molecule has 4 rings (SSSR count). The molecule has 0 unspecified atom stereocenters. The van der Waals surface area contributed by atoms with E-state index in [1.807, 2.05) is 6.07 Å². The van der Waals surface area contributed by atoms with Crippen LogP contribution in [0.4, 0.5) is 0 Å². The largest absolute Gasteiger partial charge is 0.493 e. The Hall–Kier alpha value is -3.58. The maximum Gasteiger partial charge on any atom is 0.332 e. The predicted molar refractivity (Wildman–Crippen MR) is 133 cm³/mol. The number of ether oxygens (including phenoxy) is 3. The van der Waals surface area contributed by atoms with Gasteiger partial charge in [0.2, 0.25) is 0 Å². The molecule has 0 N–H and O–H groups in total. The first-order valence-electron chi connectivity index (χ1n) is 11.3. The quantitative estimate of drug-likeness (QED) is 0.493. The van der Waals surface area contributed by atoms with Crippen LogP contribution >= 0.6 is 0 Å². The van der Waals surface area contributed by atoms with Gasteiger partial charge in [0.05, 0.1) is 31.7 Å². The Morgan fingerprint density at radius 2 is 1.80 bits per heavy atom. The standard InChI is InChI=1S/C25H27N3O6S/c1-16(14-26)34-19-5-6-21-20(13-19)24(29)27(15-17-4-7-22(32-2)23(12-17)33-3)25(30)28(21)18-8-10-35(31)11-9-18/h4-7,12-13,16,18H,8-11,15H2,1-3H3/t16-,18?,35?/m0/s1. The van der Waals surface area contributed by atoms with E-state index in [0.29, 0.717) is 58.1 Å². The maximum atomic E-state index is 13.7. The molecule has 2 heterocycles. The van der Waals surface area contributed by atoms with E-state index in [1.165, 1.54) is 18.8 Å². The number of benzene rings is 2. The van der Waals surface area contributed by atoms with Crippen LogP contribution in [0.5, 0.6) is 17.2 Å². The number of aromatic nitrogens is 2. The molecule has 1 aliphatic rings. The van der Waals surface area contributed by atoms with Crippen molar-refractivity contribution in [3.05, 3.63) is 62.8 Å². The summed E-state index contributed by atoms with van der Waals surface area (Å²) in [6.07, 6.45) is 0.473. The normalized spacial score (nSPS) is 18.6. The van der Waals surface area contributed by atoms with Crippen molar-refractivity contribution in [1.29, 1.82) is 5.26 Å². The van der Waals surface area contributed by atoms with Crippen LogP contribution in [0.1, 0.15) is 31.4 Å². The molecular formula is C25H27N3O6S. The number of methoxy groups -OCH3 is 2. The van der Waals surface area contributed by atoms with Crippen molar-refractivity contribution in [3.8, 4) is 23.3 Å². The Morgan fingerprint density at radius 3 is 2.46 bits per heavy atom. The number of fused-ring (bicyclic) bond motifs is 1. The molecular weight excluding hydrogens is 470 g/mol. The van der Waals surface area contributed by atoms with Crippen molar-refractivity contribution >= 4 is 21.7 Å². The fourth-order valence-electron chi connectivity index (χ4n) is 4.36. The van der Waals surface area contributed by atoms with Crippen molar-refractivity contribution in [3.63, 3.8) is 0 Å². The van der Waals surface area contributed by atoms with Gasteiger partial charge in [0.1, 0.15) is 11.8 Å². The van der Waals surface area contributed by atoms with Gasteiger partial charge in [-0.3, -0.25) is 18.1 Å². The number of hydrogen-bond donors (Lipinski definition) is 0. The molecule has 0 bridgehead atoms. The van der Waals surface area contributed by atoms with Gasteiger partial charge >= 0.3 is 5.69 Å². The maximum absolute atomic E-state index is 13.7. The van der Waals surface area contributed by atoms with Crippen LogP contribution in [0.3, 0.4) is 0 Å². The SMILES string of the molecule is COc1ccc(Cn2c(=O)c3cc(O[C@@H](C)C#N)ccc3n(C3CCS(=O)CC3)c2=O)cc1OC. The second kappa shape index (κ2) is 10.4. The molecule has 35 heavy (non-hydrogen) atoms. The second-order valence-electron chi connectivity index (χ2n) is 8.38. The second-order valence-corrected chi connectivity index (χ2v) is 10.1. The number of nitriles is 1.